The van der Waals surface area contributed by atoms with Crippen molar-refractivity contribution in [3.05, 3.63) is 23.2 Å². The van der Waals surface area contributed by atoms with E-state index in [0.717, 1.165) is 29.3 Å². The molecule has 0 bridgehead atoms. The van der Waals surface area contributed by atoms with Gasteiger partial charge < -0.3 is 10.2 Å². The molecule has 6 heteroatoms. The second-order valence-electron chi connectivity index (χ2n) is 3.98. The van der Waals surface area contributed by atoms with Gasteiger partial charge in [-0.15, -0.1) is 0 Å². The molecule has 0 aliphatic rings. The van der Waals surface area contributed by atoms with Crippen molar-refractivity contribution in [1.82, 2.24) is 5.43 Å². The number of carbonyl (C=O) groups is 1. The number of thioether (sulfide) groups is 1. The topological polar surface area (TPSA) is 94.3 Å². The molecule has 1 rings (SSSR count). The number of rotatable bonds is 6. The summed E-state index contributed by atoms with van der Waals surface area (Å²) in [5.74, 6) is 7.48. The molecule has 17 heavy (non-hydrogen) atoms. The van der Waals surface area contributed by atoms with Gasteiger partial charge in [0.25, 0.3) is 0 Å². The van der Waals surface area contributed by atoms with Gasteiger partial charge in [0.2, 0.25) is 0 Å². The fourth-order valence-corrected chi connectivity index (χ4v) is 2.49. The fourth-order valence-electron chi connectivity index (χ4n) is 1.30. The minimum absolute atomic E-state index is 0.228. The summed E-state index contributed by atoms with van der Waals surface area (Å²) in [4.78, 5) is 11.2. The fraction of sp³-hybridized carbons (Fsp3) is 0.545. The largest absolute Gasteiger partial charge is 0.456 e. The van der Waals surface area contributed by atoms with Crippen molar-refractivity contribution in [3.63, 3.8) is 0 Å². The van der Waals surface area contributed by atoms with Crippen molar-refractivity contribution in [2.24, 2.45) is 11.6 Å². The van der Waals surface area contributed by atoms with E-state index < -0.39 is 5.91 Å². The Hall–Kier alpha value is -0.980. The first-order valence-electron chi connectivity index (χ1n) is 5.48. The second kappa shape index (κ2) is 6.68. The Bertz CT molecular complexity index is 377. The third-order valence-corrected chi connectivity index (χ3v) is 3.39. The highest BCUT2D eigenvalue weighted by Gasteiger charge is 2.13. The van der Waals surface area contributed by atoms with Gasteiger partial charge in [-0.25, -0.2) is 5.84 Å². The van der Waals surface area contributed by atoms with Crippen molar-refractivity contribution in [3.8, 4) is 0 Å². The van der Waals surface area contributed by atoms with Crippen LogP contribution in [0.2, 0.25) is 0 Å². The van der Waals surface area contributed by atoms with Crippen LogP contribution in [0.3, 0.4) is 0 Å². The van der Waals surface area contributed by atoms with Crippen LogP contribution in [0.15, 0.2) is 10.5 Å². The molecule has 0 fully saturated rings. The van der Waals surface area contributed by atoms with Crippen LogP contribution in [0.5, 0.6) is 0 Å². The van der Waals surface area contributed by atoms with E-state index in [1.165, 1.54) is 0 Å². The lowest BCUT2D eigenvalue weighted by molar-refractivity contribution is 0.0924. The first-order valence-corrected chi connectivity index (χ1v) is 6.63. The molecule has 0 aromatic carbocycles. The lowest BCUT2D eigenvalue weighted by Crippen LogP contribution is -2.29. The molecule has 0 aliphatic heterocycles. The summed E-state index contributed by atoms with van der Waals surface area (Å²) in [6.07, 6.45) is 0.984. The van der Waals surface area contributed by atoms with Crippen LogP contribution in [0.25, 0.3) is 0 Å². The zero-order valence-corrected chi connectivity index (χ0v) is 11.0. The number of nitrogens with two attached hydrogens (primary N) is 2. The van der Waals surface area contributed by atoms with E-state index in [2.05, 4.69) is 0 Å². The molecule has 5 N–H and O–H groups in total. The predicted octanol–water partition coefficient (Wildman–Crippen LogP) is 1.16. The molecule has 96 valence electrons. The minimum Gasteiger partial charge on any atom is -0.456 e. The molecule has 1 atom stereocenters. The molecule has 0 saturated carbocycles. The van der Waals surface area contributed by atoms with Gasteiger partial charge >= 0.3 is 5.91 Å². The third kappa shape index (κ3) is 4.41. The van der Waals surface area contributed by atoms with Crippen LogP contribution in [0.4, 0.5) is 0 Å². The normalized spacial score (nSPS) is 12.5. The van der Waals surface area contributed by atoms with Crippen LogP contribution < -0.4 is 17.0 Å². The van der Waals surface area contributed by atoms with Crippen molar-refractivity contribution in [2.75, 3.05) is 5.75 Å². The van der Waals surface area contributed by atoms with E-state index in [0.29, 0.717) is 0 Å². The van der Waals surface area contributed by atoms with E-state index >= 15 is 0 Å². The highest BCUT2D eigenvalue weighted by atomic mass is 32.2. The number of carbonyl (C=O) groups excluding carboxylic acids is 1. The molecule has 1 unspecified atom stereocenters. The predicted molar refractivity (Wildman–Crippen MR) is 69.5 cm³/mol. The number of amides is 1. The van der Waals surface area contributed by atoms with Gasteiger partial charge in [0, 0.05) is 17.4 Å². The molecule has 1 aromatic rings. The van der Waals surface area contributed by atoms with Crippen molar-refractivity contribution in [2.45, 2.75) is 32.1 Å². The first-order chi connectivity index (χ1) is 8.04. The van der Waals surface area contributed by atoms with E-state index in [1.54, 1.807) is 17.8 Å². The number of nitrogens with one attached hydrogen (secondary N) is 1. The van der Waals surface area contributed by atoms with Crippen molar-refractivity contribution >= 4 is 17.7 Å². The Labute approximate surface area is 105 Å². The van der Waals surface area contributed by atoms with E-state index in [9.17, 15) is 4.79 Å². The Balaban J connectivity index is 2.48. The molecule has 0 saturated heterocycles. The maximum atomic E-state index is 11.2. The Morgan fingerprint density at radius 3 is 2.94 bits per heavy atom. The summed E-state index contributed by atoms with van der Waals surface area (Å²) >= 11 is 1.78. The van der Waals surface area contributed by atoms with E-state index in [4.69, 9.17) is 16.0 Å². The molecular weight excluding hydrogens is 238 g/mol. The zero-order valence-electron chi connectivity index (χ0n) is 10.2. The summed E-state index contributed by atoms with van der Waals surface area (Å²) in [6.45, 7) is 3.84. The van der Waals surface area contributed by atoms with Crippen molar-refractivity contribution < 1.29 is 9.21 Å². The molecule has 5 nitrogen and oxygen atoms in total. The molecule has 1 heterocycles. The smallest absolute Gasteiger partial charge is 0.300 e. The van der Waals surface area contributed by atoms with Crippen LogP contribution >= 0.6 is 11.8 Å². The van der Waals surface area contributed by atoms with Crippen LogP contribution in [0, 0.1) is 6.92 Å². The zero-order chi connectivity index (χ0) is 12.8. The number of hydrogen-bond acceptors (Lipinski definition) is 5. The van der Waals surface area contributed by atoms with Gasteiger partial charge in [-0.1, -0.05) is 0 Å². The quantitative estimate of drug-likeness (QED) is 0.308. The second-order valence-corrected chi connectivity index (χ2v) is 5.09. The molecular formula is C11H19N3O2S. The highest BCUT2D eigenvalue weighted by molar-refractivity contribution is 7.98. The Kier molecular flexibility index (Phi) is 5.54. The average Bonchev–Trinajstić information content (AvgIpc) is 2.65. The number of aryl methyl sites for hydroxylation is 1. The van der Waals surface area contributed by atoms with Gasteiger partial charge in [-0.05, 0) is 32.1 Å². The summed E-state index contributed by atoms with van der Waals surface area (Å²) in [5, 5.41) is 0. The maximum Gasteiger partial charge on any atom is 0.300 e. The molecule has 0 radical (unpaired) electrons. The monoisotopic (exact) mass is 257 g/mol. The molecule has 0 spiro atoms. The summed E-state index contributed by atoms with van der Waals surface area (Å²) in [7, 11) is 0. The maximum absolute atomic E-state index is 11.2. The SMILES string of the molecule is Cc1oc(C(=O)NN)cc1CSCCC(C)N. The van der Waals surface area contributed by atoms with Crippen LogP contribution in [0.1, 0.15) is 35.2 Å². The third-order valence-electron chi connectivity index (χ3n) is 2.35. The molecule has 1 amide bonds. The number of hydrazine groups is 1. The molecule has 1 aromatic heterocycles. The van der Waals surface area contributed by atoms with Gasteiger partial charge in [-0.3, -0.25) is 10.2 Å². The van der Waals surface area contributed by atoms with Gasteiger partial charge in [0.05, 0.1) is 0 Å². The average molecular weight is 257 g/mol. The number of furan rings is 1. The highest BCUT2D eigenvalue weighted by Crippen LogP contribution is 2.20. The van der Waals surface area contributed by atoms with Gasteiger partial charge in [-0.2, -0.15) is 11.8 Å². The Morgan fingerprint density at radius 2 is 2.35 bits per heavy atom. The van der Waals surface area contributed by atoms with Crippen molar-refractivity contribution in [1.29, 1.82) is 0 Å². The lowest BCUT2D eigenvalue weighted by Gasteiger charge is -2.03. The molecule has 0 aliphatic carbocycles. The standard InChI is InChI=1S/C11H19N3O2S/c1-7(12)3-4-17-6-9-5-10(11(15)14-13)16-8(9)2/h5,7H,3-4,6,12-13H2,1-2H3,(H,14,15). The van der Waals surface area contributed by atoms with Crippen LogP contribution in [-0.4, -0.2) is 17.7 Å². The number of nitrogen functional groups attached to an aromatic ring is 1. The minimum atomic E-state index is -0.403. The summed E-state index contributed by atoms with van der Waals surface area (Å²) < 4.78 is 5.32. The first kappa shape index (κ1) is 14.1. The summed E-state index contributed by atoms with van der Waals surface area (Å²) in [5.41, 5.74) is 8.74. The van der Waals surface area contributed by atoms with E-state index in [-0.39, 0.29) is 11.8 Å². The Morgan fingerprint density at radius 1 is 1.65 bits per heavy atom. The van der Waals surface area contributed by atoms with E-state index in [1.807, 2.05) is 19.3 Å². The number of hydrogen-bond donors (Lipinski definition) is 3. The van der Waals surface area contributed by atoms with Gasteiger partial charge in [0.15, 0.2) is 5.76 Å². The lowest BCUT2D eigenvalue weighted by atomic mass is 10.3. The van der Waals surface area contributed by atoms with Gasteiger partial charge in [0.1, 0.15) is 5.76 Å². The van der Waals surface area contributed by atoms with Crippen LogP contribution in [-0.2, 0) is 5.75 Å². The summed E-state index contributed by atoms with van der Waals surface area (Å²) in [6, 6.07) is 1.96.